The van der Waals surface area contributed by atoms with Gasteiger partial charge in [-0.2, -0.15) is 4.31 Å². The summed E-state index contributed by atoms with van der Waals surface area (Å²) in [4.78, 5) is 13.0. The molecule has 0 radical (unpaired) electrons. The van der Waals surface area contributed by atoms with E-state index in [4.69, 9.17) is 0 Å². The van der Waals surface area contributed by atoms with Gasteiger partial charge in [0.25, 0.3) is 0 Å². The molecule has 0 spiro atoms. The number of carbonyl (C=O) groups excluding carboxylic acids is 1. The molecular formula is C23H33N3O3S. The van der Waals surface area contributed by atoms with Crippen LogP contribution >= 0.6 is 0 Å². The van der Waals surface area contributed by atoms with Crippen molar-refractivity contribution in [3.63, 3.8) is 0 Å². The molecule has 6 nitrogen and oxygen atoms in total. The molecule has 1 saturated heterocycles. The summed E-state index contributed by atoms with van der Waals surface area (Å²) < 4.78 is 27.3. The number of amides is 2. The number of aryl methyl sites for hydroxylation is 1. The molecule has 4 aliphatic carbocycles. The molecule has 2 amide bonds. The second-order valence-electron chi connectivity index (χ2n) is 10.4. The molecule has 6 rings (SSSR count). The first-order valence-corrected chi connectivity index (χ1v) is 12.9. The highest BCUT2D eigenvalue weighted by Gasteiger charge is 2.51. The second-order valence-corrected chi connectivity index (χ2v) is 12.3. The fraction of sp³-hybridized carbons (Fsp3) is 0.696. The molecule has 5 aliphatic rings. The van der Waals surface area contributed by atoms with Crippen molar-refractivity contribution in [2.75, 3.05) is 19.6 Å². The van der Waals surface area contributed by atoms with E-state index < -0.39 is 10.0 Å². The molecule has 1 aliphatic heterocycles. The van der Waals surface area contributed by atoms with Gasteiger partial charge in [-0.15, -0.1) is 0 Å². The third kappa shape index (κ3) is 3.86. The van der Waals surface area contributed by atoms with Crippen molar-refractivity contribution in [1.82, 2.24) is 14.9 Å². The number of carbonyl (C=O) groups is 1. The van der Waals surface area contributed by atoms with Gasteiger partial charge in [-0.3, -0.25) is 0 Å². The predicted octanol–water partition coefficient (Wildman–Crippen LogP) is 3.27. The van der Waals surface area contributed by atoms with E-state index in [1.54, 1.807) is 16.4 Å². The van der Waals surface area contributed by atoms with Gasteiger partial charge in [0.05, 0.1) is 4.90 Å². The van der Waals surface area contributed by atoms with Gasteiger partial charge in [0.1, 0.15) is 0 Å². The fourth-order valence-electron chi connectivity index (χ4n) is 6.83. The normalized spacial score (nSPS) is 35.5. The Hall–Kier alpha value is -1.60. The van der Waals surface area contributed by atoms with E-state index >= 15 is 0 Å². The van der Waals surface area contributed by atoms with Gasteiger partial charge in [-0.25, -0.2) is 13.2 Å². The Morgan fingerprint density at radius 2 is 1.67 bits per heavy atom. The van der Waals surface area contributed by atoms with E-state index in [-0.39, 0.29) is 17.5 Å². The summed E-state index contributed by atoms with van der Waals surface area (Å²) in [5, 5.41) is 6.39. The molecule has 5 fully saturated rings. The van der Waals surface area contributed by atoms with Crippen molar-refractivity contribution >= 4 is 16.1 Å². The van der Waals surface area contributed by atoms with Crippen molar-refractivity contribution in [1.29, 1.82) is 0 Å². The molecule has 0 aromatic heterocycles. The zero-order valence-electron chi connectivity index (χ0n) is 17.8. The third-order valence-electron chi connectivity index (χ3n) is 7.88. The highest BCUT2D eigenvalue weighted by atomic mass is 32.2. The lowest BCUT2D eigenvalue weighted by atomic mass is 9.53. The summed E-state index contributed by atoms with van der Waals surface area (Å²) in [7, 11) is -3.46. The summed E-state index contributed by atoms with van der Waals surface area (Å²) in [6.07, 6.45) is 8.26. The quantitative estimate of drug-likeness (QED) is 0.751. The summed E-state index contributed by atoms with van der Waals surface area (Å²) >= 11 is 0. The van der Waals surface area contributed by atoms with Crippen LogP contribution < -0.4 is 10.6 Å². The SMILES string of the molecule is Cc1ccc(S(=O)(=O)N2CCC(CNC(=O)NC34CC5CC(CC(C5)C3)C4)C2)cc1. The molecule has 164 valence electrons. The molecular weight excluding hydrogens is 398 g/mol. The minimum absolute atomic E-state index is 0.00925. The van der Waals surface area contributed by atoms with Crippen molar-refractivity contribution in [2.45, 2.75) is 62.3 Å². The number of hydrogen-bond donors (Lipinski definition) is 2. The monoisotopic (exact) mass is 431 g/mol. The van der Waals surface area contributed by atoms with Crippen LogP contribution in [0.15, 0.2) is 29.2 Å². The van der Waals surface area contributed by atoms with Crippen LogP contribution in [-0.2, 0) is 10.0 Å². The van der Waals surface area contributed by atoms with Gasteiger partial charge in [0, 0.05) is 25.2 Å². The van der Waals surface area contributed by atoms with Crippen molar-refractivity contribution in [3.05, 3.63) is 29.8 Å². The Bertz CT molecular complexity index is 877. The van der Waals surface area contributed by atoms with E-state index in [0.717, 1.165) is 49.0 Å². The van der Waals surface area contributed by atoms with Crippen LogP contribution in [0.5, 0.6) is 0 Å². The van der Waals surface area contributed by atoms with Gasteiger partial charge in [-0.1, -0.05) is 17.7 Å². The van der Waals surface area contributed by atoms with Crippen LogP contribution in [0.1, 0.15) is 50.5 Å². The van der Waals surface area contributed by atoms with Gasteiger partial charge in [-0.05, 0) is 87.7 Å². The first kappa shape index (κ1) is 20.3. The van der Waals surface area contributed by atoms with Crippen molar-refractivity contribution < 1.29 is 13.2 Å². The predicted molar refractivity (Wildman–Crippen MR) is 115 cm³/mol. The van der Waals surface area contributed by atoms with Gasteiger partial charge in [0.15, 0.2) is 0 Å². The maximum Gasteiger partial charge on any atom is 0.315 e. The van der Waals surface area contributed by atoms with Crippen LogP contribution in [0.2, 0.25) is 0 Å². The van der Waals surface area contributed by atoms with E-state index in [1.165, 1.54) is 19.3 Å². The first-order chi connectivity index (χ1) is 14.3. The van der Waals surface area contributed by atoms with E-state index in [1.807, 2.05) is 19.1 Å². The molecule has 1 unspecified atom stereocenters. The Labute approximate surface area is 179 Å². The summed E-state index contributed by atoms with van der Waals surface area (Å²) in [6, 6.07) is 6.94. The number of benzene rings is 1. The fourth-order valence-corrected chi connectivity index (χ4v) is 8.36. The number of hydrogen-bond acceptors (Lipinski definition) is 3. The lowest BCUT2D eigenvalue weighted by Crippen LogP contribution is -2.61. The summed E-state index contributed by atoms with van der Waals surface area (Å²) in [5.41, 5.74) is 1.05. The molecule has 1 atom stereocenters. The Balaban J connectivity index is 1.13. The molecule has 1 aromatic carbocycles. The molecule has 1 aromatic rings. The summed E-state index contributed by atoms with van der Waals surface area (Å²) in [6.45, 7) is 3.45. The Morgan fingerprint density at radius 3 is 2.27 bits per heavy atom. The van der Waals surface area contributed by atoms with Crippen LogP contribution in [0.3, 0.4) is 0 Å². The van der Waals surface area contributed by atoms with Crippen LogP contribution in [0.4, 0.5) is 4.79 Å². The average Bonchev–Trinajstić information content (AvgIpc) is 3.15. The number of rotatable bonds is 5. The smallest absolute Gasteiger partial charge is 0.315 e. The summed E-state index contributed by atoms with van der Waals surface area (Å²) in [5.74, 6) is 2.55. The van der Waals surface area contributed by atoms with Gasteiger partial charge < -0.3 is 10.6 Å². The molecule has 4 bridgehead atoms. The van der Waals surface area contributed by atoms with Crippen LogP contribution in [-0.4, -0.2) is 43.9 Å². The number of sulfonamides is 1. The number of nitrogens with one attached hydrogen (secondary N) is 2. The topological polar surface area (TPSA) is 78.5 Å². The standard InChI is InChI=1S/C23H33N3O3S/c1-16-2-4-21(5-3-16)30(28,29)26-7-6-17(15-26)14-24-22(27)25-23-11-18-8-19(12-23)10-20(9-18)13-23/h2-5,17-20H,6-15H2,1H3,(H2,24,25,27). The zero-order valence-corrected chi connectivity index (χ0v) is 18.6. The minimum Gasteiger partial charge on any atom is -0.338 e. The number of nitrogens with zero attached hydrogens (tertiary/aromatic N) is 1. The molecule has 1 heterocycles. The lowest BCUT2D eigenvalue weighted by molar-refractivity contribution is -0.0135. The van der Waals surface area contributed by atoms with Gasteiger partial charge >= 0.3 is 6.03 Å². The van der Waals surface area contributed by atoms with E-state index in [9.17, 15) is 13.2 Å². The second kappa shape index (κ2) is 7.52. The largest absolute Gasteiger partial charge is 0.338 e. The van der Waals surface area contributed by atoms with Crippen molar-refractivity contribution in [3.8, 4) is 0 Å². The molecule has 4 saturated carbocycles. The lowest BCUT2D eigenvalue weighted by Gasteiger charge is -2.56. The third-order valence-corrected chi connectivity index (χ3v) is 9.75. The highest BCUT2D eigenvalue weighted by Crippen LogP contribution is 2.55. The maximum atomic E-state index is 12.9. The van der Waals surface area contributed by atoms with E-state index in [2.05, 4.69) is 10.6 Å². The Morgan fingerprint density at radius 1 is 1.07 bits per heavy atom. The number of urea groups is 1. The molecule has 30 heavy (non-hydrogen) atoms. The highest BCUT2D eigenvalue weighted by molar-refractivity contribution is 7.89. The van der Waals surface area contributed by atoms with Crippen LogP contribution in [0.25, 0.3) is 0 Å². The van der Waals surface area contributed by atoms with Crippen LogP contribution in [0, 0.1) is 30.6 Å². The van der Waals surface area contributed by atoms with Gasteiger partial charge in [0.2, 0.25) is 10.0 Å². The zero-order chi connectivity index (χ0) is 20.9. The maximum absolute atomic E-state index is 12.9. The Kier molecular flexibility index (Phi) is 5.09. The van der Waals surface area contributed by atoms with Crippen molar-refractivity contribution in [2.24, 2.45) is 23.7 Å². The first-order valence-electron chi connectivity index (χ1n) is 11.4. The average molecular weight is 432 g/mol. The molecule has 2 N–H and O–H groups in total. The minimum atomic E-state index is -3.46. The van der Waals surface area contributed by atoms with E-state index in [0.29, 0.717) is 24.5 Å². The molecule has 7 heteroatoms.